The Morgan fingerprint density at radius 3 is 2.69 bits per heavy atom. The van der Waals surface area contributed by atoms with Gasteiger partial charge in [0, 0.05) is 18.5 Å². The van der Waals surface area contributed by atoms with Crippen LogP contribution < -0.4 is 9.46 Å². The number of hydrogen-bond acceptors (Lipinski definition) is 9. The zero-order valence-corrected chi connectivity index (χ0v) is 18.0. The Balaban J connectivity index is 1.26. The third kappa shape index (κ3) is 4.62. The summed E-state index contributed by atoms with van der Waals surface area (Å²) in [7, 11) is -2.03. The molecule has 166 valence electrons. The summed E-state index contributed by atoms with van der Waals surface area (Å²) in [6.45, 7) is 0.114. The number of nitrogens with zero attached hydrogens (tertiary/aromatic N) is 3. The van der Waals surface area contributed by atoms with Crippen molar-refractivity contribution in [2.75, 3.05) is 13.7 Å². The number of ether oxygens (including phenoxy) is 2. The lowest BCUT2D eigenvalue weighted by Gasteiger charge is -2.03. The number of aliphatic imine (C=N–C) groups is 1. The summed E-state index contributed by atoms with van der Waals surface area (Å²) in [6.07, 6.45) is 0.501. The van der Waals surface area contributed by atoms with Gasteiger partial charge in [0.2, 0.25) is 5.82 Å². The van der Waals surface area contributed by atoms with Crippen LogP contribution in [0.4, 0.5) is 0 Å². The number of nitrogens with one attached hydrogen (secondary N) is 1. The largest absolute Gasteiger partial charge is 0.496 e. The van der Waals surface area contributed by atoms with E-state index < -0.39 is 16.0 Å². The Kier molecular flexibility index (Phi) is 6.17. The molecule has 1 N–H and O–H groups in total. The predicted octanol–water partition coefficient (Wildman–Crippen LogP) is 2.31. The van der Waals surface area contributed by atoms with Crippen molar-refractivity contribution in [3.63, 3.8) is 0 Å². The molecule has 2 heterocycles. The smallest absolute Gasteiger partial charge is 0.306 e. The van der Waals surface area contributed by atoms with Crippen LogP contribution in [0.3, 0.4) is 0 Å². The van der Waals surface area contributed by atoms with Crippen LogP contribution in [0, 0.1) is 0 Å². The van der Waals surface area contributed by atoms with E-state index in [2.05, 4.69) is 19.9 Å². The minimum Gasteiger partial charge on any atom is -0.496 e. The Bertz CT molecular complexity index is 1270. The number of hydrogen-bond donors (Lipinski definition) is 1. The molecule has 2 aromatic carbocycles. The van der Waals surface area contributed by atoms with Crippen molar-refractivity contribution >= 4 is 21.8 Å². The number of carbonyl (C=O) groups excluding carboxylic acids is 1. The van der Waals surface area contributed by atoms with E-state index in [-0.39, 0.29) is 36.2 Å². The summed E-state index contributed by atoms with van der Waals surface area (Å²) < 4.78 is 42.1. The molecular weight excluding hydrogens is 436 g/mol. The average Bonchev–Trinajstić information content (AvgIpc) is 3.38. The Hall–Kier alpha value is -3.73. The van der Waals surface area contributed by atoms with Gasteiger partial charge >= 0.3 is 5.97 Å². The molecule has 0 fully saturated rings. The van der Waals surface area contributed by atoms with Gasteiger partial charge in [-0.05, 0) is 30.7 Å². The van der Waals surface area contributed by atoms with E-state index in [1.165, 1.54) is 6.07 Å². The number of amidine groups is 1. The highest BCUT2D eigenvalue weighted by Gasteiger charge is 2.29. The Labute approximate surface area is 184 Å². The number of sulfonamides is 1. The van der Waals surface area contributed by atoms with Crippen LogP contribution in [-0.2, 0) is 26.2 Å². The van der Waals surface area contributed by atoms with Crippen LogP contribution in [0.5, 0.6) is 5.75 Å². The van der Waals surface area contributed by atoms with Gasteiger partial charge < -0.3 is 14.0 Å². The minimum absolute atomic E-state index is 0.110. The summed E-state index contributed by atoms with van der Waals surface area (Å²) >= 11 is 0. The van der Waals surface area contributed by atoms with E-state index in [0.29, 0.717) is 29.1 Å². The van der Waals surface area contributed by atoms with Crippen molar-refractivity contribution in [1.29, 1.82) is 0 Å². The van der Waals surface area contributed by atoms with E-state index >= 15 is 0 Å². The highest BCUT2D eigenvalue weighted by molar-refractivity contribution is 7.90. The van der Waals surface area contributed by atoms with Gasteiger partial charge in [0.25, 0.3) is 15.9 Å². The van der Waals surface area contributed by atoms with Gasteiger partial charge in [-0.15, -0.1) is 0 Å². The number of esters is 1. The number of aromatic nitrogens is 2. The second-order valence-electron chi connectivity index (χ2n) is 6.81. The van der Waals surface area contributed by atoms with Crippen molar-refractivity contribution in [3.05, 3.63) is 60.0 Å². The van der Waals surface area contributed by atoms with E-state index in [9.17, 15) is 13.2 Å². The number of benzene rings is 2. The third-order valence-electron chi connectivity index (χ3n) is 4.64. The molecule has 1 aliphatic rings. The maximum atomic E-state index is 12.1. The van der Waals surface area contributed by atoms with Gasteiger partial charge in [0.1, 0.15) is 11.6 Å². The molecule has 0 unspecified atom stereocenters. The SMILES string of the molecule is COc1ccccc1-c1noc(COC(=O)CCCN=C2NS(=O)(=O)c3ccccc32)n1. The first-order chi connectivity index (χ1) is 15.5. The fourth-order valence-electron chi connectivity index (χ4n) is 3.13. The fraction of sp³-hybridized carbons (Fsp3) is 0.238. The highest BCUT2D eigenvalue weighted by atomic mass is 32.2. The average molecular weight is 456 g/mol. The third-order valence-corrected chi connectivity index (χ3v) is 6.04. The molecule has 0 aliphatic carbocycles. The van der Waals surface area contributed by atoms with E-state index in [4.69, 9.17) is 14.0 Å². The lowest BCUT2D eigenvalue weighted by molar-refractivity contribution is -0.145. The zero-order chi connectivity index (χ0) is 22.6. The summed E-state index contributed by atoms with van der Waals surface area (Å²) in [4.78, 5) is 20.7. The second-order valence-corrected chi connectivity index (χ2v) is 8.46. The van der Waals surface area contributed by atoms with Gasteiger partial charge in [0.15, 0.2) is 6.61 Å². The Morgan fingerprint density at radius 1 is 1.12 bits per heavy atom. The monoisotopic (exact) mass is 456 g/mol. The number of rotatable bonds is 8. The first-order valence-corrected chi connectivity index (χ1v) is 11.2. The molecular formula is C21H20N4O6S. The molecule has 11 heteroatoms. The van der Waals surface area contributed by atoms with Gasteiger partial charge in [-0.1, -0.05) is 29.4 Å². The minimum atomic E-state index is -3.57. The van der Waals surface area contributed by atoms with Crippen LogP contribution in [0.25, 0.3) is 11.4 Å². The lowest BCUT2D eigenvalue weighted by atomic mass is 10.2. The zero-order valence-electron chi connectivity index (χ0n) is 17.1. The molecule has 10 nitrogen and oxygen atoms in total. The molecule has 1 aliphatic heterocycles. The fourth-order valence-corrected chi connectivity index (χ4v) is 4.38. The van der Waals surface area contributed by atoms with Crippen molar-refractivity contribution in [1.82, 2.24) is 14.9 Å². The second kappa shape index (κ2) is 9.18. The van der Waals surface area contributed by atoms with Gasteiger partial charge in [-0.3, -0.25) is 14.5 Å². The van der Waals surface area contributed by atoms with Crippen molar-refractivity contribution in [2.45, 2.75) is 24.3 Å². The molecule has 0 spiro atoms. The quantitative estimate of drug-likeness (QED) is 0.403. The molecule has 0 saturated carbocycles. The number of carbonyl (C=O) groups is 1. The van der Waals surface area contributed by atoms with Crippen molar-refractivity contribution < 1.29 is 27.2 Å². The predicted molar refractivity (Wildman–Crippen MR) is 113 cm³/mol. The molecule has 0 radical (unpaired) electrons. The summed E-state index contributed by atoms with van der Waals surface area (Å²) in [5.74, 6) is 0.934. The molecule has 4 rings (SSSR count). The summed E-state index contributed by atoms with van der Waals surface area (Å²) in [5.41, 5.74) is 1.19. The van der Waals surface area contributed by atoms with Crippen LogP contribution in [-0.4, -0.2) is 44.0 Å². The van der Waals surface area contributed by atoms with E-state index in [1.54, 1.807) is 37.4 Å². The number of para-hydroxylation sites is 1. The standard InChI is InChI=1S/C21H20N4O6S/c1-29-16-9-4-2-7-14(16)21-23-18(31-24-21)13-30-19(26)11-6-12-22-20-15-8-3-5-10-17(15)32(27,28)25-20/h2-5,7-10H,6,11-13H2,1H3,(H,22,25). The maximum absolute atomic E-state index is 12.1. The molecule has 0 atom stereocenters. The van der Waals surface area contributed by atoms with Gasteiger partial charge in [-0.2, -0.15) is 4.98 Å². The first-order valence-electron chi connectivity index (χ1n) is 9.76. The molecule has 0 bridgehead atoms. The maximum Gasteiger partial charge on any atom is 0.306 e. The number of fused-ring (bicyclic) bond motifs is 1. The van der Waals surface area contributed by atoms with Gasteiger partial charge in [-0.25, -0.2) is 8.42 Å². The normalized spacial score (nSPS) is 15.2. The molecule has 3 aromatic rings. The Morgan fingerprint density at radius 2 is 1.88 bits per heavy atom. The van der Waals surface area contributed by atoms with Crippen LogP contribution >= 0.6 is 0 Å². The van der Waals surface area contributed by atoms with Crippen molar-refractivity contribution in [2.24, 2.45) is 4.99 Å². The van der Waals surface area contributed by atoms with Gasteiger partial charge in [0.05, 0.1) is 17.6 Å². The van der Waals surface area contributed by atoms with Crippen LogP contribution in [0.1, 0.15) is 24.3 Å². The number of methoxy groups -OCH3 is 1. The van der Waals surface area contributed by atoms with E-state index in [1.807, 2.05) is 12.1 Å². The van der Waals surface area contributed by atoms with Crippen LogP contribution in [0.15, 0.2) is 62.9 Å². The molecule has 0 saturated heterocycles. The lowest BCUT2D eigenvalue weighted by Crippen LogP contribution is -2.22. The summed E-state index contributed by atoms with van der Waals surface area (Å²) in [6, 6.07) is 13.8. The molecule has 32 heavy (non-hydrogen) atoms. The molecule has 0 amide bonds. The van der Waals surface area contributed by atoms with Crippen LogP contribution in [0.2, 0.25) is 0 Å². The highest BCUT2D eigenvalue weighted by Crippen LogP contribution is 2.27. The first kappa shape index (κ1) is 21.5. The summed E-state index contributed by atoms with van der Waals surface area (Å²) in [5, 5.41) is 3.89. The topological polar surface area (TPSA) is 133 Å². The molecule has 1 aromatic heterocycles. The van der Waals surface area contributed by atoms with Crippen molar-refractivity contribution in [3.8, 4) is 17.1 Å². The van der Waals surface area contributed by atoms with E-state index in [0.717, 1.165) is 0 Å².